The van der Waals surface area contributed by atoms with E-state index in [0.29, 0.717) is 0 Å². The molecule has 2 heterocycles. The Morgan fingerprint density at radius 2 is 0.778 bits per heavy atom. The van der Waals surface area contributed by atoms with Gasteiger partial charge in [0.15, 0.2) is 43.1 Å². The van der Waals surface area contributed by atoms with Crippen LogP contribution < -0.4 is 0 Å². The summed E-state index contributed by atoms with van der Waals surface area (Å²) in [7, 11) is 1.21. The zero-order chi connectivity index (χ0) is 34.0. The summed E-state index contributed by atoms with van der Waals surface area (Å²) < 4.78 is 60.6. The van der Waals surface area contributed by atoms with E-state index in [1.807, 2.05) is 0 Å². The molecule has 0 bridgehead atoms. The topological polar surface area (TPSA) is 221 Å². The van der Waals surface area contributed by atoms with E-state index in [9.17, 15) is 33.6 Å². The molecule has 0 N–H and O–H groups in total. The first-order valence-electron chi connectivity index (χ1n) is 13.7. The lowest BCUT2D eigenvalue weighted by Crippen LogP contribution is -2.67. The van der Waals surface area contributed by atoms with Crippen molar-refractivity contribution in [1.82, 2.24) is 0 Å². The maximum atomic E-state index is 12.2. The van der Waals surface area contributed by atoms with Crippen molar-refractivity contribution in [2.45, 2.75) is 110 Å². The van der Waals surface area contributed by atoms with E-state index in [0.717, 1.165) is 48.5 Å². The molecular weight excluding hydrogens is 612 g/mol. The lowest BCUT2D eigenvalue weighted by molar-refractivity contribution is -0.360. The molecule has 0 aromatic rings. The average molecular weight is 651 g/mol. The Morgan fingerprint density at radius 1 is 0.444 bits per heavy atom. The molecule has 0 spiro atoms. The van der Waals surface area contributed by atoms with Crippen LogP contribution in [0.15, 0.2) is 0 Å². The van der Waals surface area contributed by atoms with E-state index in [1.54, 1.807) is 0 Å². The van der Waals surface area contributed by atoms with Gasteiger partial charge in [-0.1, -0.05) is 0 Å². The van der Waals surface area contributed by atoms with Crippen LogP contribution in [0.4, 0.5) is 0 Å². The predicted molar refractivity (Wildman–Crippen MR) is 140 cm³/mol. The van der Waals surface area contributed by atoms with E-state index < -0.39 is 116 Å². The van der Waals surface area contributed by atoms with Gasteiger partial charge in [0.25, 0.3) is 0 Å². The van der Waals surface area contributed by atoms with Crippen LogP contribution in [0, 0.1) is 0 Å². The normalized spacial score (nSPS) is 31.0. The van der Waals surface area contributed by atoms with Gasteiger partial charge in [0, 0.05) is 55.6 Å². The van der Waals surface area contributed by atoms with Crippen LogP contribution >= 0.6 is 0 Å². The number of esters is 7. The Hall–Kier alpha value is -3.87. The maximum absolute atomic E-state index is 12.2. The Morgan fingerprint density at radius 3 is 1.16 bits per heavy atom. The molecule has 2 aliphatic heterocycles. The summed E-state index contributed by atoms with van der Waals surface area (Å²) in [6.07, 6.45) is -15.1. The number of carbonyl (C=O) groups is 7. The van der Waals surface area contributed by atoms with Gasteiger partial charge in [-0.25, -0.2) is 0 Å². The molecule has 0 radical (unpaired) electrons. The zero-order valence-corrected chi connectivity index (χ0v) is 26.0. The molecule has 2 fully saturated rings. The largest absolute Gasteiger partial charge is 0.463 e. The summed E-state index contributed by atoms with van der Waals surface area (Å²) in [5.41, 5.74) is 0. The van der Waals surface area contributed by atoms with Crippen molar-refractivity contribution in [3.05, 3.63) is 0 Å². The lowest BCUT2D eigenvalue weighted by atomic mass is 9.96. The van der Waals surface area contributed by atoms with Gasteiger partial charge >= 0.3 is 41.8 Å². The van der Waals surface area contributed by atoms with Crippen LogP contribution in [0.1, 0.15) is 48.5 Å². The van der Waals surface area contributed by atoms with Crippen molar-refractivity contribution >= 4 is 41.8 Å². The summed E-state index contributed by atoms with van der Waals surface area (Å²) in [6.45, 7) is 6.47. The summed E-state index contributed by atoms with van der Waals surface area (Å²) in [5, 5.41) is 0. The molecule has 45 heavy (non-hydrogen) atoms. The minimum atomic E-state index is -1.77. The summed E-state index contributed by atoms with van der Waals surface area (Å²) >= 11 is 0. The van der Waals surface area contributed by atoms with Gasteiger partial charge in [-0.2, -0.15) is 0 Å². The zero-order valence-electron chi connectivity index (χ0n) is 26.0. The van der Waals surface area contributed by atoms with Crippen molar-refractivity contribution in [2.24, 2.45) is 0 Å². The monoisotopic (exact) mass is 650 g/mol. The van der Waals surface area contributed by atoms with E-state index in [-0.39, 0.29) is 0 Å². The molecular formula is C27H38O18. The summed E-state index contributed by atoms with van der Waals surface area (Å²) in [6, 6.07) is 0. The molecule has 10 atom stereocenters. The fourth-order valence-corrected chi connectivity index (χ4v) is 4.66. The maximum Gasteiger partial charge on any atom is 0.303 e. The molecule has 254 valence electrons. The molecule has 0 amide bonds. The van der Waals surface area contributed by atoms with Crippen molar-refractivity contribution in [2.75, 3.05) is 20.3 Å². The van der Waals surface area contributed by atoms with E-state index in [2.05, 4.69) is 0 Å². The molecule has 0 saturated carbocycles. The average Bonchev–Trinajstić information content (AvgIpc) is 2.90. The van der Waals surface area contributed by atoms with Gasteiger partial charge in [0.05, 0.1) is 0 Å². The Labute approximate surface area is 258 Å². The Bertz CT molecular complexity index is 1110. The second-order valence-electron chi connectivity index (χ2n) is 9.90. The number of methoxy groups -OCH3 is 1. The molecule has 18 nitrogen and oxygen atoms in total. The van der Waals surface area contributed by atoms with E-state index >= 15 is 0 Å². The van der Waals surface area contributed by atoms with Gasteiger partial charge in [-0.05, 0) is 0 Å². The summed E-state index contributed by atoms with van der Waals surface area (Å²) in [4.78, 5) is 84.1. The Kier molecular flexibility index (Phi) is 14.1. The fourth-order valence-electron chi connectivity index (χ4n) is 4.66. The van der Waals surface area contributed by atoms with Crippen LogP contribution in [0.3, 0.4) is 0 Å². The van der Waals surface area contributed by atoms with E-state index in [4.69, 9.17) is 52.1 Å². The van der Waals surface area contributed by atoms with Gasteiger partial charge < -0.3 is 52.1 Å². The minimum absolute atomic E-state index is 0.474. The smallest absolute Gasteiger partial charge is 0.303 e. The van der Waals surface area contributed by atoms with Crippen LogP contribution in [0.2, 0.25) is 0 Å². The molecule has 2 aliphatic rings. The first-order valence-corrected chi connectivity index (χ1v) is 13.7. The molecule has 18 heteroatoms. The van der Waals surface area contributed by atoms with Gasteiger partial charge in [0.1, 0.15) is 31.5 Å². The van der Waals surface area contributed by atoms with Gasteiger partial charge in [-0.15, -0.1) is 0 Å². The van der Waals surface area contributed by atoms with Crippen molar-refractivity contribution in [3.8, 4) is 0 Å². The third-order valence-corrected chi connectivity index (χ3v) is 6.12. The molecule has 2 rings (SSSR count). The molecule has 0 aromatic carbocycles. The third kappa shape index (κ3) is 11.2. The first kappa shape index (κ1) is 37.3. The quantitative estimate of drug-likeness (QED) is 0.187. The van der Waals surface area contributed by atoms with Crippen molar-refractivity contribution < 1.29 is 85.7 Å². The predicted octanol–water partition coefficient (Wildman–Crippen LogP) is -0.747. The number of hydrogen-bond acceptors (Lipinski definition) is 18. The highest BCUT2D eigenvalue weighted by molar-refractivity contribution is 5.69. The molecule has 2 saturated heterocycles. The van der Waals surface area contributed by atoms with Crippen LogP contribution in [-0.2, 0) is 85.7 Å². The van der Waals surface area contributed by atoms with Gasteiger partial charge in [-0.3, -0.25) is 33.6 Å². The molecule has 0 aromatic heterocycles. The standard InChI is InChI=1S/C27H38O18/c1-11(28)36-9-18-21(39-14(4)31)23(24(41-16(6)33)26(35-8)43-18)45-27-25(42-17(7)34)22(40-15(5)32)20(38-13(3)30)19(44-27)10-37-12(2)29/h18-27H,9-10H2,1-8H3/t18-,19-,20-,21-,22+,23+,24-,25-,26-,27-/m1/s1. The number of rotatable bonds is 12. The highest BCUT2D eigenvalue weighted by atomic mass is 16.8. The third-order valence-electron chi connectivity index (χ3n) is 6.12. The second-order valence-corrected chi connectivity index (χ2v) is 9.90. The second kappa shape index (κ2) is 17.0. The van der Waals surface area contributed by atoms with Crippen molar-refractivity contribution in [1.29, 1.82) is 0 Å². The minimum Gasteiger partial charge on any atom is -0.463 e. The SMILES string of the molecule is CO[C@@H]1O[C@H](COC(C)=O)[C@@H](OC(C)=O)[C@H](O[C@H]2O[C@H](COC(C)=O)[C@@H](OC(C)=O)[C@H](OC(C)=O)[C@H]2OC(C)=O)[C@H]1OC(C)=O. The van der Waals surface area contributed by atoms with Crippen LogP contribution in [0.25, 0.3) is 0 Å². The number of hydrogen-bond donors (Lipinski definition) is 0. The molecule has 0 aliphatic carbocycles. The lowest BCUT2D eigenvalue weighted by Gasteiger charge is -2.48. The van der Waals surface area contributed by atoms with Gasteiger partial charge in [0.2, 0.25) is 0 Å². The number of carbonyl (C=O) groups excluding carboxylic acids is 7. The highest BCUT2D eigenvalue weighted by Gasteiger charge is 2.57. The Balaban J connectivity index is 2.70. The number of ether oxygens (including phenoxy) is 11. The summed E-state index contributed by atoms with van der Waals surface area (Å²) in [5.74, 6) is -5.76. The van der Waals surface area contributed by atoms with Crippen LogP contribution in [0.5, 0.6) is 0 Å². The van der Waals surface area contributed by atoms with Crippen molar-refractivity contribution in [3.63, 3.8) is 0 Å². The van der Waals surface area contributed by atoms with E-state index in [1.165, 1.54) is 7.11 Å². The fraction of sp³-hybridized carbons (Fsp3) is 0.741. The first-order chi connectivity index (χ1) is 21.0. The highest BCUT2D eigenvalue weighted by Crippen LogP contribution is 2.35. The van der Waals surface area contributed by atoms with Crippen LogP contribution in [-0.4, -0.2) is 124 Å². The molecule has 0 unspecified atom stereocenters.